The average Bonchev–Trinajstić information content (AvgIpc) is 2.95. The van der Waals surface area contributed by atoms with Crippen LogP contribution in [0.15, 0.2) is 54.6 Å². The van der Waals surface area contributed by atoms with Gasteiger partial charge in [-0.25, -0.2) is 0 Å². The summed E-state index contributed by atoms with van der Waals surface area (Å²) in [6.07, 6.45) is -4.69. The molecule has 0 spiro atoms. The van der Waals surface area contributed by atoms with Crippen LogP contribution in [0.1, 0.15) is 17.0 Å². The molecule has 1 aromatic heterocycles. The number of aromatic nitrogens is 1. The summed E-state index contributed by atoms with van der Waals surface area (Å²) in [5.41, 5.74) is 5.08. The van der Waals surface area contributed by atoms with E-state index >= 15 is 0 Å². The number of aryl methyl sites for hydroxylation is 1. The molecule has 0 unspecified atom stereocenters. The van der Waals surface area contributed by atoms with E-state index in [1.165, 1.54) is 12.1 Å². The Kier molecular flexibility index (Phi) is 5.24. The van der Waals surface area contributed by atoms with Gasteiger partial charge in [-0.3, -0.25) is 4.90 Å². The molecule has 1 N–H and O–H groups in total. The molecule has 4 rings (SSSR count). The van der Waals surface area contributed by atoms with Gasteiger partial charge < -0.3 is 14.5 Å². The number of hydrogen-bond donors (Lipinski definition) is 1. The van der Waals surface area contributed by atoms with E-state index in [2.05, 4.69) is 26.8 Å². The first-order chi connectivity index (χ1) is 13.9. The van der Waals surface area contributed by atoms with Gasteiger partial charge in [-0.2, -0.15) is 0 Å². The lowest BCUT2D eigenvalue weighted by Gasteiger charge is -2.18. The zero-order chi connectivity index (χ0) is 20.4. The lowest BCUT2D eigenvalue weighted by molar-refractivity contribution is -0.274. The second kappa shape index (κ2) is 7.83. The van der Waals surface area contributed by atoms with Crippen molar-refractivity contribution in [3.8, 4) is 22.6 Å². The Balaban J connectivity index is 1.53. The summed E-state index contributed by atoms with van der Waals surface area (Å²) in [5.74, 6) is 0.614. The van der Waals surface area contributed by atoms with Crippen LogP contribution in [0, 0.1) is 6.92 Å². The molecule has 2 heterocycles. The Labute approximate surface area is 166 Å². The first kappa shape index (κ1) is 19.4. The first-order valence-corrected chi connectivity index (χ1v) is 9.34. The van der Waals surface area contributed by atoms with Crippen molar-refractivity contribution in [3.05, 3.63) is 71.5 Å². The third kappa shape index (κ3) is 4.92. The van der Waals surface area contributed by atoms with Crippen LogP contribution in [-0.2, 0) is 13.1 Å². The van der Waals surface area contributed by atoms with E-state index in [1.807, 2.05) is 25.1 Å². The maximum atomic E-state index is 12.3. The van der Waals surface area contributed by atoms with Crippen molar-refractivity contribution >= 4 is 0 Å². The van der Waals surface area contributed by atoms with Crippen molar-refractivity contribution in [2.45, 2.75) is 26.4 Å². The molecule has 0 fully saturated rings. The number of ether oxygens (including phenoxy) is 2. The minimum absolute atomic E-state index is 0.230. The largest absolute Gasteiger partial charge is 0.573 e. The molecule has 4 nitrogen and oxygen atoms in total. The molecule has 152 valence electrons. The van der Waals surface area contributed by atoms with Gasteiger partial charge in [0.05, 0.1) is 0 Å². The summed E-state index contributed by atoms with van der Waals surface area (Å²) in [6.45, 7) is 4.98. The van der Waals surface area contributed by atoms with Crippen LogP contribution in [-0.4, -0.2) is 29.4 Å². The number of nitrogens with zero attached hydrogens (tertiary/aromatic N) is 1. The number of benzene rings is 2. The van der Waals surface area contributed by atoms with Gasteiger partial charge in [0.1, 0.15) is 18.1 Å². The highest BCUT2D eigenvalue weighted by atomic mass is 19.4. The van der Waals surface area contributed by atoms with Gasteiger partial charge in [-0.1, -0.05) is 18.2 Å². The standard InChI is InChI=1S/C22H21F3N2O2/c1-15-2-6-19(26-15)14-27-10-11-28-21-9-5-17(12-18(21)13-27)16-3-7-20(8-4-16)29-22(23,24)25/h2-9,12,26H,10-11,13-14H2,1H3. The second-order valence-electron chi connectivity index (χ2n) is 7.12. The summed E-state index contributed by atoms with van der Waals surface area (Å²) in [6, 6.07) is 15.9. The highest BCUT2D eigenvalue weighted by Gasteiger charge is 2.31. The molecule has 1 aliphatic rings. The Hall–Kier alpha value is -2.93. The number of halogens is 3. The zero-order valence-corrected chi connectivity index (χ0v) is 15.9. The van der Waals surface area contributed by atoms with E-state index in [1.54, 1.807) is 12.1 Å². The Morgan fingerprint density at radius 3 is 2.48 bits per heavy atom. The Bertz CT molecular complexity index is 980. The molecular formula is C22H21F3N2O2. The highest BCUT2D eigenvalue weighted by Crippen LogP contribution is 2.31. The first-order valence-electron chi connectivity index (χ1n) is 9.34. The maximum absolute atomic E-state index is 12.3. The minimum Gasteiger partial charge on any atom is -0.492 e. The Morgan fingerprint density at radius 2 is 1.79 bits per heavy atom. The van der Waals surface area contributed by atoms with Gasteiger partial charge in [0, 0.05) is 36.6 Å². The molecule has 0 aliphatic carbocycles. The van der Waals surface area contributed by atoms with Gasteiger partial charge in [0.25, 0.3) is 0 Å². The maximum Gasteiger partial charge on any atom is 0.573 e. The third-order valence-corrected chi connectivity index (χ3v) is 4.83. The molecular weight excluding hydrogens is 381 g/mol. The molecule has 0 saturated carbocycles. The monoisotopic (exact) mass is 402 g/mol. The van der Waals surface area contributed by atoms with Crippen molar-refractivity contribution < 1.29 is 22.6 Å². The van der Waals surface area contributed by atoms with Gasteiger partial charge in [-0.05, 0) is 54.4 Å². The number of fused-ring (bicyclic) bond motifs is 1. The normalized spacial score (nSPS) is 14.8. The van der Waals surface area contributed by atoms with E-state index in [4.69, 9.17) is 4.74 Å². The fourth-order valence-corrected chi connectivity index (χ4v) is 3.51. The van der Waals surface area contributed by atoms with Crippen molar-refractivity contribution in [1.82, 2.24) is 9.88 Å². The average molecular weight is 402 g/mol. The fourth-order valence-electron chi connectivity index (χ4n) is 3.51. The molecule has 0 bridgehead atoms. The predicted molar refractivity (Wildman–Crippen MR) is 104 cm³/mol. The van der Waals surface area contributed by atoms with Crippen LogP contribution in [0.25, 0.3) is 11.1 Å². The zero-order valence-electron chi connectivity index (χ0n) is 15.9. The molecule has 3 aromatic rings. The molecule has 29 heavy (non-hydrogen) atoms. The van der Waals surface area contributed by atoms with Crippen LogP contribution in [0.5, 0.6) is 11.5 Å². The number of aromatic amines is 1. The minimum atomic E-state index is -4.69. The molecule has 2 aromatic carbocycles. The van der Waals surface area contributed by atoms with Crippen molar-refractivity contribution in [3.63, 3.8) is 0 Å². The lowest BCUT2D eigenvalue weighted by atomic mass is 10.0. The number of H-pyrrole nitrogens is 1. The Morgan fingerprint density at radius 1 is 1.03 bits per heavy atom. The van der Waals surface area contributed by atoms with Gasteiger partial charge in [0.15, 0.2) is 0 Å². The number of hydrogen-bond acceptors (Lipinski definition) is 3. The molecule has 0 amide bonds. The number of rotatable bonds is 4. The van der Waals surface area contributed by atoms with Gasteiger partial charge >= 0.3 is 6.36 Å². The van der Waals surface area contributed by atoms with Crippen LogP contribution in [0.2, 0.25) is 0 Å². The van der Waals surface area contributed by atoms with Crippen molar-refractivity contribution in [2.75, 3.05) is 13.2 Å². The SMILES string of the molecule is Cc1ccc(CN2CCOc3ccc(-c4ccc(OC(F)(F)F)cc4)cc3C2)[nH]1. The van der Waals surface area contributed by atoms with Crippen LogP contribution in [0.4, 0.5) is 13.2 Å². The van der Waals surface area contributed by atoms with E-state index in [9.17, 15) is 13.2 Å². The number of nitrogens with one attached hydrogen (secondary N) is 1. The fraction of sp³-hybridized carbons (Fsp3) is 0.273. The quantitative estimate of drug-likeness (QED) is 0.645. The van der Waals surface area contributed by atoms with E-state index in [0.29, 0.717) is 6.61 Å². The summed E-state index contributed by atoms with van der Waals surface area (Å²) in [4.78, 5) is 5.66. The molecule has 0 atom stereocenters. The summed E-state index contributed by atoms with van der Waals surface area (Å²) in [5, 5.41) is 0. The smallest absolute Gasteiger partial charge is 0.492 e. The van der Waals surface area contributed by atoms with Crippen molar-refractivity contribution in [2.24, 2.45) is 0 Å². The molecule has 0 radical (unpaired) electrons. The molecule has 1 aliphatic heterocycles. The van der Waals surface area contributed by atoms with Gasteiger partial charge in [-0.15, -0.1) is 13.2 Å². The second-order valence-corrected chi connectivity index (χ2v) is 7.12. The van der Waals surface area contributed by atoms with Crippen molar-refractivity contribution in [1.29, 1.82) is 0 Å². The van der Waals surface area contributed by atoms with Crippen LogP contribution in [0.3, 0.4) is 0 Å². The topological polar surface area (TPSA) is 37.5 Å². The third-order valence-electron chi connectivity index (χ3n) is 4.83. The summed E-state index contributed by atoms with van der Waals surface area (Å²) >= 11 is 0. The van der Waals surface area contributed by atoms with Crippen LogP contribution >= 0.6 is 0 Å². The molecule has 7 heteroatoms. The highest BCUT2D eigenvalue weighted by molar-refractivity contribution is 5.66. The molecule has 0 saturated heterocycles. The summed E-state index contributed by atoms with van der Waals surface area (Å²) in [7, 11) is 0. The van der Waals surface area contributed by atoms with E-state index in [0.717, 1.165) is 53.5 Å². The van der Waals surface area contributed by atoms with Crippen LogP contribution < -0.4 is 9.47 Å². The number of alkyl halides is 3. The van der Waals surface area contributed by atoms with E-state index < -0.39 is 6.36 Å². The van der Waals surface area contributed by atoms with Gasteiger partial charge in [0.2, 0.25) is 0 Å². The predicted octanol–water partition coefficient (Wildman–Crippen LogP) is 5.28. The lowest BCUT2D eigenvalue weighted by Crippen LogP contribution is -2.25. The van der Waals surface area contributed by atoms with E-state index in [-0.39, 0.29) is 5.75 Å². The summed E-state index contributed by atoms with van der Waals surface area (Å²) < 4.78 is 46.9.